The zero-order chi connectivity index (χ0) is 15.1. The van der Waals surface area contributed by atoms with Gasteiger partial charge in [0, 0.05) is 17.1 Å². The Morgan fingerprint density at radius 3 is 2.67 bits per heavy atom. The molecule has 0 bridgehead atoms. The molecule has 2 aromatic heterocycles. The Balaban J connectivity index is 2.09. The third kappa shape index (κ3) is 2.25. The highest BCUT2D eigenvalue weighted by Gasteiger charge is 2.44. The first-order valence-corrected chi connectivity index (χ1v) is 6.26. The quantitative estimate of drug-likeness (QED) is 0.421. The highest BCUT2D eigenvalue weighted by atomic mass is 16.6. The standard InChI is InChI=1S/C12H13N3O6/c16-3-6-7(17)8(18)9(21-6)5-1-4-2-13-12(20)15-10(4)14-11(5)19/h1-2,6-9,16-18H,3H2,(H2,13,14,15,19,20)/t6-,7?,8+,9+/m1/s1. The lowest BCUT2D eigenvalue weighted by Crippen LogP contribution is -2.33. The fourth-order valence-electron chi connectivity index (χ4n) is 2.40. The summed E-state index contributed by atoms with van der Waals surface area (Å²) in [7, 11) is 0. The number of rotatable bonds is 2. The lowest BCUT2D eigenvalue weighted by molar-refractivity contribution is -0.0231. The fraction of sp³-hybridized carbons (Fsp3) is 0.417. The van der Waals surface area contributed by atoms with Gasteiger partial charge in [0.05, 0.1) is 6.61 Å². The molecular weight excluding hydrogens is 282 g/mol. The third-order valence-corrected chi connectivity index (χ3v) is 3.50. The van der Waals surface area contributed by atoms with Crippen LogP contribution >= 0.6 is 0 Å². The first-order chi connectivity index (χ1) is 10.0. The second-order valence-electron chi connectivity index (χ2n) is 4.83. The van der Waals surface area contributed by atoms with Crippen LogP contribution < -0.4 is 11.2 Å². The van der Waals surface area contributed by atoms with E-state index in [1.807, 2.05) is 0 Å². The van der Waals surface area contributed by atoms with E-state index in [0.29, 0.717) is 5.39 Å². The van der Waals surface area contributed by atoms with Crippen molar-refractivity contribution in [1.82, 2.24) is 15.0 Å². The number of ether oxygens (including phenoxy) is 1. The van der Waals surface area contributed by atoms with E-state index in [2.05, 4.69) is 15.0 Å². The minimum Gasteiger partial charge on any atom is -0.394 e. The minimum absolute atomic E-state index is 0.0823. The molecule has 4 atom stereocenters. The summed E-state index contributed by atoms with van der Waals surface area (Å²) in [6.07, 6.45) is -3.39. The van der Waals surface area contributed by atoms with E-state index in [9.17, 15) is 19.8 Å². The molecular formula is C12H13N3O6. The van der Waals surface area contributed by atoms with E-state index < -0.39 is 42.3 Å². The summed E-state index contributed by atoms with van der Waals surface area (Å²) in [6, 6.07) is 1.41. The molecule has 21 heavy (non-hydrogen) atoms. The summed E-state index contributed by atoms with van der Waals surface area (Å²) < 4.78 is 5.31. The summed E-state index contributed by atoms with van der Waals surface area (Å²) in [4.78, 5) is 31.5. The molecule has 5 N–H and O–H groups in total. The fourth-order valence-corrected chi connectivity index (χ4v) is 2.40. The van der Waals surface area contributed by atoms with Gasteiger partial charge in [-0.15, -0.1) is 0 Å². The molecule has 112 valence electrons. The molecule has 9 nitrogen and oxygen atoms in total. The zero-order valence-corrected chi connectivity index (χ0v) is 10.7. The lowest BCUT2D eigenvalue weighted by Gasteiger charge is -2.14. The van der Waals surface area contributed by atoms with Crippen molar-refractivity contribution in [3.05, 3.63) is 38.7 Å². The van der Waals surface area contributed by atoms with Crippen molar-refractivity contribution in [3.63, 3.8) is 0 Å². The smallest absolute Gasteiger partial charge is 0.346 e. The van der Waals surface area contributed by atoms with Crippen LogP contribution in [0.1, 0.15) is 11.7 Å². The molecule has 1 unspecified atom stereocenters. The van der Waals surface area contributed by atoms with Crippen molar-refractivity contribution in [3.8, 4) is 0 Å². The maximum Gasteiger partial charge on any atom is 0.346 e. The summed E-state index contributed by atoms with van der Waals surface area (Å²) in [6.45, 7) is -0.477. The Morgan fingerprint density at radius 1 is 1.24 bits per heavy atom. The van der Waals surface area contributed by atoms with Crippen LogP contribution in [-0.2, 0) is 4.74 Å². The molecule has 1 aliphatic rings. The summed E-state index contributed by atoms with van der Waals surface area (Å²) in [5.41, 5.74) is -0.882. The number of aliphatic hydroxyl groups is 3. The molecule has 0 radical (unpaired) electrons. The Kier molecular flexibility index (Phi) is 3.33. The number of aromatic amines is 2. The first-order valence-electron chi connectivity index (χ1n) is 6.26. The molecule has 3 heterocycles. The molecule has 0 aromatic carbocycles. The number of aromatic nitrogens is 3. The summed E-state index contributed by atoms with van der Waals surface area (Å²) in [5, 5.41) is 29.2. The van der Waals surface area contributed by atoms with E-state index in [4.69, 9.17) is 9.84 Å². The van der Waals surface area contributed by atoms with Gasteiger partial charge in [-0.3, -0.25) is 9.78 Å². The molecule has 3 rings (SSSR count). The molecule has 1 fully saturated rings. The van der Waals surface area contributed by atoms with Crippen molar-refractivity contribution in [1.29, 1.82) is 0 Å². The van der Waals surface area contributed by atoms with Gasteiger partial charge in [0.15, 0.2) is 0 Å². The molecule has 0 amide bonds. The molecule has 1 aliphatic heterocycles. The van der Waals surface area contributed by atoms with Crippen LogP contribution in [-0.4, -0.2) is 55.2 Å². The number of fused-ring (bicyclic) bond motifs is 1. The number of nitrogens with zero attached hydrogens (tertiary/aromatic N) is 1. The zero-order valence-electron chi connectivity index (χ0n) is 10.7. The van der Waals surface area contributed by atoms with Gasteiger partial charge in [-0.2, -0.15) is 0 Å². The Bertz CT molecular complexity index is 784. The van der Waals surface area contributed by atoms with Crippen molar-refractivity contribution in [2.24, 2.45) is 0 Å². The van der Waals surface area contributed by atoms with Crippen molar-refractivity contribution < 1.29 is 20.1 Å². The Hall–Kier alpha value is -2.07. The number of pyridine rings is 1. The Morgan fingerprint density at radius 2 is 2.00 bits per heavy atom. The van der Waals surface area contributed by atoms with Crippen LogP contribution in [0.2, 0.25) is 0 Å². The molecule has 0 spiro atoms. The summed E-state index contributed by atoms with van der Waals surface area (Å²) in [5.74, 6) is 0. The van der Waals surface area contributed by atoms with Gasteiger partial charge in [0.25, 0.3) is 5.56 Å². The average molecular weight is 295 g/mol. The van der Waals surface area contributed by atoms with Gasteiger partial charge in [-0.05, 0) is 6.07 Å². The van der Waals surface area contributed by atoms with Gasteiger partial charge < -0.3 is 25.0 Å². The van der Waals surface area contributed by atoms with Gasteiger partial charge in [0.2, 0.25) is 0 Å². The SMILES string of the molecule is O=c1ncc2cc([C@@H]3O[C@H](CO)C(O)[C@@H]3O)c(=O)[nH]c2[nH]1. The van der Waals surface area contributed by atoms with Crippen molar-refractivity contribution >= 4 is 11.0 Å². The van der Waals surface area contributed by atoms with Crippen molar-refractivity contribution in [2.45, 2.75) is 24.4 Å². The van der Waals surface area contributed by atoms with Crippen LogP contribution in [0.4, 0.5) is 0 Å². The minimum atomic E-state index is -1.34. The third-order valence-electron chi connectivity index (χ3n) is 3.50. The number of hydrogen-bond acceptors (Lipinski definition) is 7. The van der Waals surface area contributed by atoms with E-state index >= 15 is 0 Å². The van der Waals surface area contributed by atoms with Crippen LogP contribution in [0, 0.1) is 0 Å². The second kappa shape index (κ2) is 5.04. The lowest BCUT2D eigenvalue weighted by atomic mass is 10.0. The molecule has 9 heteroatoms. The van der Waals surface area contributed by atoms with E-state index in [0.717, 1.165) is 0 Å². The molecule has 0 saturated carbocycles. The average Bonchev–Trinajstić information content (AvgIpc) is 2.74. The van der Waals surface area contributed by atoms with Crippen molar-refractivity contribution in [2.75, 3.05) is 6.61 Å². The van der Waals surface area contributed by atoms with E-state index in [1.165, 1.54) is 12.3 Å². The predicted octanol–water partition coefficient (Wildman–Crippen LogP) is -2.23. The van der Waals surface area contributed by atoms with Gasteiger partial charge in [-0.25, -0.2) is 9.78 Å². The van der Waals surface area contributed by atoms with Gasteiger partial charge >= 0.3 is 5.69 Å². The van der Waals surface area contributed by atoms with E-state index in [-0.39, 0.29) is 11.2 Å². The highest BCUT2D eigenvalue weighted by Crippen LogP contribution is 2.32. The van der Waals surface area contributed by atoms with Crippen LogP contribution in [0.25, 0.3) is 11.0 Å². The normalized spacial score (nSPS) is 29.1. The molecule has 2 aromatic rings. The van der Waals surface area contributed by atoms with Crippen LogP contribution in [0.15, 0.2) is 21.9 Å². The maximum absolute atomic E-state index is 12.0. The van der Waals surface area contributed by atoms with Gasteiger partial charge in [0.1, 0.15) is 30.1 Å². The topological polar surface area (TPSA) is 149 Å². The van der Waals surface area contributed by atoms with Crippen LogP contribution in [0.5, 0.6) is 0 Å². The number of H-pyrrole nitrogens is 2. The number of hydrogen-bond donors (Lipinski definition) is 5. The van der Waals surface area contributed by atoms with Crippen LogP contribution in [0.3, 0.4) is 0 Å². The Labute approximate surface area is 116 Å². The van der Waals surface area contributed by atoms with Gasteiger partial charge in [-0.1, -0.05) is 0 Å². The second-order valence-corrected chi connectivity index (χ2v) is 4.83. The monoisotopic (exact) mass is 295 g/mol. The van der Waals surface area contributed by atoms with E-state index in [1.54, 1.807) is 0 Å². The predicted molar refractivity (Wildman–Crippen MR) is 69.7 cm³/mol. The maximum atomic E-state index is 12.0. The summed E-state index contributed by atoms with van der Waals surface area (Å²) >= 11 is 0. The highest BCUT2D eigenvalue weighted by molar-refractivity contribution is 5.73. The number of nitrogens with one attached hydrogen (secondary N) is 2. The first kappa shape index (κ1) is 13.9. The number of aliphatic hydroxyl groups excluding tert-OH is 3. The largest absolute Gasteiger partial charge is 0.394 e. The molecule has 1 saturated heterocycles. The molecule has 0 aliphatic carbocycles.